The summed E-state index contributed by atoms with van der Waals surface area (Å²) in [5.41, 5.74) is 0.685. The van der Waals surface area contributed by atoms with Crippen LogP contribution in [0.3, 0.4) is 0 Å². The van der Waals surface area contributed by atoms with Crippen LogP contribution in [0.1, 0.15) is 30.1 Å². The van der Waals surface area contributed by atoms with Crippen molar-refractivity contribution in [3.63, 3.8) is 0 Å². The molecule has 2 aromatic carbocycles. The number of carbonyl (C=O) groups is 1. The van der Waals surface area contributed by atoms with E-state index in [1.54, 1.807) is 0 Å². The highest BCUT2D eigenvalue weighted by molar-refractivity contribution is 5.94. The molecule has 3 aliphatic heterocycles. The summed E-state index contributed by atoms with van der Waals surface area (Å²) in [5, 5.41) is 3.23. The van der Waals surface area contributed by atoms with E-state index in [4.69, 9.17) is 4.74 Å². The van der Waals surface area contributed by atoms with Crippen molar-refractivity contribution in [2.75, 3.05) is 13.1 Å². The van der Waals surface area contributed by atoms with Crippen LogP contribution in [0.25, 0.3) is 0 Å². The van der Waals surface area contributed by atoms with Gasteiger partial charge in [0.1, 0.15) is 11.5 Å². The van der Waals surface area contributed by atoms with Crippen LogP contribution in [-0.4, -0.2) is 36.0 Å². The Balaban J connectivity index is 1.38. The molecule has 0 spiro atoms. The van der Waals surface area contributed by atoms with E-state index in [0.29, 0.717) is 17.5 Å². The molecule has 2 aromatic rings. The second-order valence-electron chi connectivity index (χ2n) is 7.15. The lowest BCUT2D eigenvalue weighted by Gasteiger charge is -2.48. The zero-order chi connectivity index (χ0) is 17.2. The summed E-state index contributed by atoms with van der Waals surface area (Å²) in [6, 6.07) is 17.9. The molecule has 3 fully saturated rings. The molecule has 1 amide bonds. The van der Waals surface area contributed by atoms with E-state index in [1.165, 1.54) is 19.4 Å². The van der Waals surface area contributed by atoms with Gasteiger partial charge in [0, 0.05) is 24.2 Å². The first-order valence-electron chi connectivity index (χ1n) is 9.07. The Bertz CT molecular complexity index is 729. The Hall–Kier alpha value is -2.33. The number of nitrogens with one attached hydrogen (secondary N) is 1. The maximum atomic E-state index is 12.6. The Morgan fingerprint density at radius 3 is 2.44 bits per heavy atom. The third-order valence-corrected chi connectivity index (χ3v) is 5.47. The van der Waals surface area contributed by atoms with E-state index in [9.17, 15) is 4.79 Å². The van der Waals surface area contributed by atoms with Gasteiger partial charge >= 0.3 is 0 Å². The summed E-state index contributed by atoms with van der Waals surface area (Å²) in [7, 11) is 0. The summed E-state index contributed by atoms with van der Waals surface area (Å²) in [5.74, 6) is 2.16. The predicted molar refractivity (Wildman–Crippen MR) is 98.0 cm³/mol. The van der Waals surface area contributed by atoms with Crippen molar-refractivity contribution >= 4 is 5.91 Å². The number of piperidine rings is 3. The Labute approximate surface area is 148 Å². The summed E-state index contributed by atoms with van der Waals surface area (Å²) in [6.45, 7) is 4.44. The average molecular weight is 336 g/mol. The van der Waals surface area contributed by atoms with Gasteiger partial charge in [-0.3, -0.25) is 9.69 Å². The van der Waals surface area contributed by atoms with Crippen LogP contribution in [0.2, 0.25) is 0 Å². The predicted octanol–water partition coefficient (Wildman–Crippen LogP) is 3.69. The van der Waals surface area contributed by atoms with Crippen molar-refractivity contribution in [1.29, 1.82) is 0 Å². The molecule has 1 N–H and O–H groups in total. The Kier molecular flexibility index (Phi) is 4.45. The lowest BCUT2D eigenvalue weighted by atomic mass is 9.80. The van der Waals surface area contributed by atoms with Gasteiger partial charge < -0.3 is 10.1 Å². The first-order valence-corrected chi connectivity index (χ1v) is 9.07. The van der Waals surface area contributed by atoms with Gasteiger partial charge in [0.2, 0.25) is 0 Å². The van der Waals surface area contributed by atoms with Crippen molar-refractivity contribution in [3.05, 3.63) is 60.2 Å². The van der Waals surface area contributed by atoms with Gasteiger partial charge in [-0.15, -0.1) is 0 Å². The third kappa shape index (κ3) is 3.54. The molecular formula is C21H24N2O2. The smallest absolute Gasteiger partial charge is 0.251 e. The number of nitrogens with zero attached hydrogens (tertiary/aromatic N) is 1. The van der Waals surface area contributed by atoms with E-state index in [2.05, 4.69) is 17.1 Å². The molecule has 25 heavy (non-hydrogen) atoms. The van der Waals surface area contributed by atoms with E-state index in [0.717, 1.165) is 18.0 Å². The Morgan fingerprint density at radius 1 is 1.08 bits per heavy atom. The first kappa shape index (κ1) is 16.2. The fourth-order valence-electron chi connectivity index (χ4n) is 4.01. The van der Waals surface area contributed by atoms with Crippen LogP contribution in [0, 0.1) is 5.92 Å². The largest absolute Gasteiger partial charge is 0.457 e. The zero-order valence-corrected chi connectivity index (χ0v) is 14.5. The van der Waals surface area contributed by atoms with Gasteiger partial charge in [-0.25, -0.2) is 0 Å². The molecule has 4 unspecified atom stereocenters. The van der Waals surface area contributed by atoms with E-state index in [1.807, 2.05) is 54.6 Å². The zero-order valence-electron chi connectivity index (χ0n) is 14.5. The van der Waals surface area contributed by atoms with Gasteiger partial charge in [-0.1, -0.05) is 18.2 Å². The van der Waals surface area contributed by atoms with Crippen LogP contribution < -0.4 is 10.1 Å². The summed E-state index contributed by atoms with van der Waals surface area (Å²) in [6.07, 6.45) is 2.38. The fourth-order valence-corrected chi connectivity index (χ4v) is 4.01. The minimum atomic E-state index is 0.0117. The number of benzene rings is 2. The SMILES string of the molecule is CC1CC2CCN1CC2NC(=O)c1ccc(Oc2ccccc2)cc1. The molecule has 4 nitrogen and oxygen atoms in total. The molecule has 0 saturated carbocycles. The Morgan fingerprint density at radius 2 is 1.80 bits per heavy atom. The van der Waals surface area contributed by atoms with Gasteiger partial charge in [0.15, 0.2) is 0 Å². The summed E-state index contributed by atoms with van der Waals surface area (Å²) >= 11 is 0. The normalized spacial score (nSPS) is 27.7. The molecule has 0 radical (unpaired) electrons. The van der Waals surface area contributed by atoms with E-state index >= 15 is 0 Å². The van der Waals surface area contributed by atoms with Crippen molar-refractivity contribution in [1.82, 2.24) is 10.2 Å². The highest BCUT2D eigenvalue weighted by atomic mass is 16.5. The van der Waals surface area contributed by atoms with Crippen molar-refractivity contribution in [2.45, 2.75) is 31.8 Å². The lowest BCUT2D eigenvalue weighted by molar-refractivity contribution is 0.0274. The number of hydrogen-bond donors (Lipinski definition) is 1. The minimum Gasteiger partial charge on any atom is -0.457 e. The fraction of sp³-hybridized carbons (Fsp3) is 0.381. The maximum absolute atomic E-state index is 12.6. The van der Waals surface area contributed by atoms with Crippen molar-refractivity contribution in [2.24, 2.45) is 5.92 Å². The van der Waals surface area contributed by atoms with Gasteiger partial charge in [0.05, 0.1) is 0 Å². The van der Waals surface area contributed by atoms with E-state index in [-0.39, 0.29) is 11.9 Å². The molecule has 4 heteroatoms. The van der Waals surface area contributed by atoms with Crippen LogP contribution in [0.15, 0.2) is 54.6 Å². The highest BCUT2D eigenvalue weighted by Gasteiger charge is 2.38. The highest BCUT2D eigenvalue weighted by Crippen LogP contribution is 2.32. The molecule has 0 aromatic heterocycles. The van der Waals surface area contributed by atoms with Crippen LogP contribution in [0.5, 0.6) is 11.5 Å². The molecule has 0 aliphatic carbocycles. The minimum absolute atomic E-state index is 0.0117. The second kappa shape index (κ2) is 6.89. The monoisotopic (exact) mass is 336 g/mol. The molecule has 5 rings (SSSR count). The number of amides is 1. The number of ether oxygens (including phenoxy) is 1. The number of fused-ring (bicyclic) bond motifs is 3. The van der Waals surface area contributed by atoms with Crippen molar-refractivity contribution in [3.8, 4) is 11.5 Å². The quantitative estimate of drug-likeness (QED) is 0.926. The van der Waals surface area contributed by atoms with Gasteiger partial charge in [-0.2, -0.15) is 0 Å². The molecule has 130 valence electrons. The van der Waals surface area contributed by atoms with Crippen molar-refractivity contribution < 1.29 is 9.53 Å². The lowest BCUT2D eigenvalue weighted by Crippen LogP contribution is -2.60. The molecule has 3 heterocycles. The van der Waals surface area contributed by atoms with Crippen LogP contribution >= 0.6 is 0 Å². The second-order valence-corrected chi connectivity index (χ2v) is 7.15. The molecule has 3 saturated heterocycles. The topological polar surface area (TPSA) is 41.6 Å². The number of carbonyl (C=O) groups excluding carboxylic acids is 1. The molecular weight excluding hydrogens is 312 g/mol. The average Bonchev–Trinajstić information content (AvgIpc) is 2.64. The maximum Gasteiger partial charge on any atom is 0.251 e. The van der Waals surface area contributed by atoms with E-state index < -0.39 is 0 Å². The number of para-hydroxylation sites is 1. The summed E-state index contributed by atoms with van der Waals surface area (Å²) in [4.78, 5) is 15.1. The van der Waals surface area contributed by atoms with Gasteiger partial charge in [0.25, 0.3) is 5.91 Å². The first-order chi connectivity index (χ1) is 12.2. The number of rotatable bonds is 4. The standard InChI is InChI=1S/C21H24N2O2/c1-15-13-17-11-12-23(15)14-20(17)22-21(24)16-7-9-19(10-8-16)25-18-5-3-2-4-6-18/h2-10,15,17,20H,11-14H2,1H3,(H,22,24). The third-order valence-electron chi connectivity index (χ3n) is 5.47. The molecule has 2 bridgehead atoms. The summed E-state index contributed by atoms with van der Waals surface area (Å²) < 4.78 is 5.78. The van der Waals surface area contributed by atoms with Gasteiger partial charge in [-0.05, 0) is 68.6 Å². The van der Waals surface area contributed by atoms with Crippen LogP contribution in [0.4, 0.5) is 0 Å². The number of hydrogen-bond acceptors (Lipinski definition) is 3. The molecule has 4 atom stereocenters. The van der Waals surface area contributed by atoms with Crippen LogP contribution in [-0.2, 0) is 0 Å². The molecule has 3 aliphatic rings.